The molecule has 2 aromatic rings. The molecule has 4 heteroatoms. The highest BCUT2D eigenvalue weighted by Crippen LogP contribution is 2.15. The number of benzene rings is 1. The van der Waals surface area contributed by atoms with E-state index in [9.17, 15) is 4.39 Å². The quantitative estimate of drug-likeness (QED) is 0.902. The number of nitrogens with zero attached hydrogens (tertiary/aromatic N) is 2. The topological polar surface area (TPSA) is 43.8 Å². The maximum atomic E-state index is 13.0. The second-order valence-corrected chi connectivity index (χ2v) is 4.56. The molecule has 0 fully saturated rings. The summed E-state index contributed by atoms with van der Waals surface area (Å²) in [6.45, 7) is 4.59. The van der Waals surface area contributed by atoms with Gasteiger partial charge in [-0.15, -0.1) is 0 Å². The van der Waals surface area contributed by atoms with Crippen LogP contribution in [0.5, 0.6) is 0 Å². The summed E-state index contributed by atoms with van der Waals surface area (Å²) in [6.07, 6.45) is 4.64. The lowest BCUT2D eigenvalue weighted by Crippen LogP contribution is -2.07. The second-order valence-electron chi connectivity index (χ2n) is 4.56. The highest BCUT2D eigenvalue weighted by molar-refractivity contribution is 5.26. The molecule has 2 N–H and O–H groups in total. The summed E-state index contributed by atoms with van der Waals surface area (Å²) in [7, 11) is 0. The maximum Gasteiger partial charge on any atom is 0.123 e. The van der Waals surface area contributed by atoms with Gasteiger partial charge in [-0.2, -0.15) is 5.10 Å². The maximum absolute atomic E-state index is 13.0. The van der Waals surface area contributed by atoms with Gasteiger partial charge in [0.25, 0.3) is 0 Å². The molecule has 0 aliphatic carbocycles. The molecule has 0 saturated carbocycles. The standard InChI is InChI=1S/C14H18FN3/c1-3-14(16)12-7-17-18(9-12)8-11-4-5-13(15)6-10(11)2/h4-7,9,14H,3,8,16H2,1-2H3. The van der Waals surface area contributed by atoms with E-state index in [-0.39, 0.29) is 11.9 Å². The first-order valence-electron chi connectivity index (χ1n) is 6.13. The molecule has 1 unspecified atom stereocenters. The molecule has 1 aromatic carbocycles. The average molecular weight is 247 g/mol. The Morgan fingerprint density at radius 2 is 2.22 bits per heavy atom. The molecular weight excluding hydrogens is 229 g/mol. The Kier molecular flexibility index (Phi) is 3.77. The number of rotatable bonds is 4. The molecule has 0 radical (unpaired) electrons. The monoisotopic (exact) mass is 247 g/mol. The first-order chi connectivity index (χ1) is 8.60. The summed E-state index contributed by atoms with van der Waals surface area (Å²) in [4.78, 5) is 0. The minimum atomic E-state index is -0.203. The van der Waals surface area contributed by atoms with E-state index in [1.165, 1.54) is 12.1 Å². The van der Waals surface area contributed by atoms with Crippen molar-refractivity contribution in [2.24, 2.45) is 5.73 Å². The summed E-state index contributed by atoms with van der Waals surface area (Å²) in [5, 5.41) is 4.29. The number of halogens is 1. The van der Waals surface area contributed by atoms with Crippen LogP contribution in [0.3, 0.4) is 0 Å². The van der Waals surface area contributed by atoms with Crippen molar-refractivity contribution in [2.75, 3.05) is 0 Å². The lowest BCUT2D eigenvalue weighted by atomic mass is 10.1. The van der Waals surface area contributed by atoms with E-state index in [0.29, 0.717) is 6.54 Å². The van der Waals surface area contributed by atoms with Gasteiger partial charge in [0, 0.05) is 17.8 Å². The van der Waals surface area contributed by atoms with Crippen LogP contribution in [0.1, 0.15) is 36.1 Å². The normalized spacial score (nSPS) is 12.7. The SMILES string of the molecule is CCC(N)c1cnn(Cc2ccc(F)cc2C)c1. The Bertz CT molecular complexity index is 534. The largest absolute Gasteiger partial charge is 0.324 e. The van der Waals surface area contributed by atoms with E-state index in [0.717, 1.165) is 23.1 Å². The van der Waals surface area contributed by atoms with Gasteiger partial charge in [0.15, 0.2) is 0 Å². The molecule has 1 atom stereocenters. The summed E-state index contributed by atoms with van der Waals surface area (Å²) < 4.78 is 14.8. The van der Waals surface area contributed by atoms with Gasteiger partial charge in [0.05, 0.1) is 12.7 Å². The third-order valence-corrected chi connectivity index (χ3v) is 3.16. The summed E-state index contributed by atoms with van der Waals surface area (Å²) in [5.74, 6) is -0.203. The van der Waals surface area contributed by atoms with Crippen LogP contribution in [0, 0.1) is 12.7 Å². The van der Waals surface area contributed by atoms with Crippen LogP contribution >= 0.6 is 0 Å². The van der Waals surface area contributed by atoms with Crippen molar-refractivity contribution in [1.82, 2.24) is 9.78 Å². The molecule has 0 bridgehead atoms. The number of hydrogen-bond donors (Lipinski definition) is 1. The van der Waals surface area contributed by atoms with Gasteiger partial charge in [-0.25, -0.2) is 4.39 Å². The zero-order valence-electron chi connectivity index (χ0n) is 10.7. The highest BCUT2D eigenvalue weighted by atomic mass is 19.1. The molecule has 0 aliphatic heterocycles. The van der Waals surface area contributed by atoms with Gasteiger partial charge in [0.2, 0.25) is 0 Å². The minimum absolute atomic E-state index is 0.0352. The van der Waals surface area contributed by atoms with Crippen molar-refractivity contribution in [3.63, 3.8) is 0 Å². The highest BCUT2D eigenvalue weighted by Gasteiger charge is 2.07. The predicted octanol–water partition coefficient (Wildman–Crippen LogP) is 2.79. The number of hydrogen-bond acceptors (Lipinski definition) is 2. The van der Waals surface area contributed by atoms with Crippen LogP contribution in [-0.4, -0.2) is 9.78 Å². The summed E-state index contributed by atoms with van der Waals surface area (Å²) >= 11 is 0. The van der Waals surface area contributed by atoms with E-state index in [4.69, 9.17) is 5.73 Å². The van der Waals surface area contributed by atoms with Gasteiger partial charge in [-0.05, 0) is 36.6 Å². The first kappa shape index (κ1) is 12.8. The van der Waals surface area contributed by atoms with Crippen LogP contribution in [0.25, 0.3) is 0 Å². The fourth-order valence-corrected chi connectivity index (χ4v) is 1.90. The Balaban J connectivity index is 2.16. The van der Waals surface area contributed by atoms with Crippen molar-refractivity contribution in [3.05, 3.63) is 53.1 Å². The summed E-state index contributed by atoms with van der Waals surface area (Å²) in [5.41, 5.74) is 8.99. The molecule has 2 rings (SSSR count). The third kappa shape index (κ3) is 2.76. The lowest BCUT2D eigenvalue weighted by molar-refractivity contribution is 0.622. The van der Waals surface area contributed by atoms with Crippen LogP contribution < -0.4 is 5.73 Å². The molecule has 0 aliphatic rings. The van der Waals surface area contributed by atoms with Gasteiger partial charge < -0.3 is 5.73 Å². The Labute approximate surface area is 106 Å². The van der Waals surface area contributed by atoms with Crippen LogP contribution in [0.15, 0.2) is 30.6 Å². The van der Waals surface area contributed by atoms with E-state index in [1.807, 2.05) is 24.7 Å². The van der Waals surface area contributed by atoms with E-state index < -0.39 is 0 Å². The van der Waals surface area contributed by atoms with Crippen LogP contribution in [0.4, 0.5) is 4.39 Å². The number of aryl methyl sites for hydroxylation is 1. The molecule has 0 spiro atoms. The van der Waals surface area contributed by atoms with Crippen molar-refractivity contribution >= 4 is 0 Å². The molecule has 1 heterocycles. The second kappa shape index (κ2) is 5.31. The zero-order valence-corrected chi connectivity index (χ0v) is 10.7. The molecular formula is C14H18FN3. The third-order valence-electron chi connectivity index (χ3n) is 3.16. The number of nitrogens with two attached hydrogens (primary N) is 1. The van der Waals surface area contributed by atoms with Crippen LogP contribution in [0.2, 0.25) is 0 Å². The Morgan fingerprint density at radius 3 is 2.89 bits per heavy atom. The van der Waals surface area contributed by atoms with Gasteiger partial charge in [0.1, 0.15) is 5.82 Å². The lowest BCUT2D eigenvalue weighted by Gasteiger charge is -2.07. The Hall–Kier alpha value is -1.68. The van der Waals surface area contributed by atoms with Crippen molar-refractivity contribution < 1.29 is 4.39 Å². The van der Waals surface area contributed by atoms with E-state index in [2.05, 4.69) is 5.10 Å². The molecule has 0 saturated heterocycles. The minimum Gasteiger partial charge on any atom is -0.324 e. The fraction of sp³-hybridized carbons (Fsp3) is 0.357. The fourth-order valence-electron chi connectivity index (χ4n) is 1.90. The molecule has 96 valence electrons. The van der Waals surface area contributed by atoms with Crippen molar-refractivity contribution in [3.8, 4) is 0 Å². The molecule has 18 heavy (non-hydrogen) atoms. The zero-order chi connectivity index (χ0) is 13.1. The predicted molar refractivity (Wildman–Crippen MR) is 69.7 cm³/mol. The Morgan fingerprint density at radius 1 is 1.44 bits per heavy atom. The summed E-state index contributed by atoms with van der Waals surface area (Å²) in [6, 6.07) is 4.85. The molecule has 3 nitrogen and oxygen atoms in total. The van der Waals surface area contributed by atoms with Gasteiger partial charge in [-0.3, -0.25) is 4.68 Å². The average Bonchev–Trinajstić information content (AvgIpc) is 2.80. The first-order valence-corrected chi connectivity index (χ1v) is 6.13. The van der Waals surface area contributed by atoms with Crippen molar-refractivity contribution in [2.45, 2.75) is 32.9 Å². The number of aromatic nitrogens is 2. The smallest absolute Gasteiger partial charge is 0.123 e. The van der Waals surface area contributed by atoms with Gasteiger partial charge >= 0.3 is 0 Å². The molecule has 0 amide bonds. The van der Waals surface area contributed by atoms with Crippen LogP contribution in [-0.2, 0) is 6.54 Å². The van der Waals surface area contributed by atoms with E-state index in [1.54, 1.807) is 12.3 Å². The molecule has 1 aromatic heterocycles. The van der Waals surface area contributed by atoms with Crippen molar-refractivity contribution in [1.29, 1.82) is 0 Å². The van der Waals surface area contributed by atoms with E-state index >= 15 is 0 Å². The van der Waals surface area contributed by atoms with Gasteiger partial charge in [-0.1, -0.05) is 13.0 Å².